The van der Waals surface area contributed by atoms with E-state index in [0.29, 0.717) is 6.61 Å². The van der Waals surface area contributed by atoms with Crippen molar-refractivity contribution in [1.82, 2.24) is 4.98 Å². The number of nitrogens with zero attached hydrogens (tertiary/aromatic N) is 1. The van der Waals surface area contributed by atoms with Crippen molar-refractivity contribution in [3.05, 3.63) is 35.6 Å². The zero-order valence-electron chi connectivity index (χ0n) is 12.4. The highest BCUT2D eigenvalue weighted by atomic mass is 16.7. The number of aromatic nitrogens is 1. The highest BCUT2D eigenvalue weighted by molar-refractivity contribution is 6.52. The Balaban J connectivity index is 2.06. The van der Waals surface area contributed by atoms with Crippen molar-refractivity contribution in [2.75, 3.05) is 0 Å². The molecule has 0 amide bonds. The number of hydrogen-bond acceptors (Lipinski definition) is 5. The standard InChI is InChI=1S/C14H21BN2O3/c1-13(2)14(3,4)20-15(19-13)6-5-11-7-12(10-18-16)9-17-8-11/h5-9H,10,16H2,1-4H3/b6-5+. The van der Waals surface area contributed by atoms with Gasteiger partial charge in [-0.15, -0.1) is 0 Å². The summed E-state index contributed by atoms with van der Waals surface area (Å²) in [6.45, 7) is 8.46. The number of rotatable bonds is 4. The molecule has 0 saturated carbocycles. The molecule has 2 N–H and O–H groups in total. The SMILES string of the molecule is CC1(C)OB(/C=C/c2cncc(CON)c2)OC1(C)C. The maximum absolute atomic E-state index is 5.89. The van der Waals surface area contributed by atoms with Crippen molar-refractivity contribution in [2.24, 2.45) is 5.90 Å². The van der Waals surface area contributed by atoms with Gasteiger partial charge in [-0.2, -0.15) is 0 Å². The minimum absolute atomic E-state index is 0.324. The van der Waals surface area contributed by atoms with Crippen LogP contribution in [0, 0.1) is 0 Å². The molecule has 1 aromatic rings. The molecule has 0 radical (unpaired) electrons. The van der Waals surface area contributed by atoms with Crippen LogP contribution in [0.25, 0.3) is 6.08 Å². The Bertz CT molecular complexity index is 487. The van der Waals surface area contributed by atoms with E-state index >= 15 is 0 Å². The van der Waals surface area contributed by atoms with Gasteiger partial charge in [-0.25, -0.2) is 5.90 Å². The first-order valence-electron chi connectivity index (χ1n) is 6.63. The summed E-state index contributed by atoms with van der Waals surface area (Å²) in [5.41, 5.74) is 1.23. The second-order valence-electron chi connectivity index (χ2n) is 5.92. The van der Waals surface area contributed by atoms with Gasteiger partial charge < -0.3 is 9.31 Å². The van der Waals surface area contributed by atoms with E-state index in [1.807, 2.05) is 45.8 Å². The van der Waals surface area contributed by atoms with Crippen molar-refractivity contribution in [3.63, 3.8) is 0 Å². The quantitative estimate of drug-likeness (QED) is 0.674. The number of hydrogen-bond donors (Lipinski definition) is 1. The largest absolute Gasteiger partial charge is 0.487 e. The molecule has 108 valence electrons. The van der Waals surface area contributed by atoms with Crippen LogP contribution in [0.2, 0.25) is 0 Å². The van der Waals surface area contributed by atoms with Gasteiger partial charge in [0, 0.05) is 12.4 Å². The lowest BCUT2D eigenvalue weighted by Gasteiger charge is -2.32. The Labute approximate surface area is 120 Å². The van der Waals surface area contributed by atoms with E-state index < -0.39 is 0 Å². The molecule has 20 heavy (non-hydrogen) atoms. The van der Waals surface area contributed by atoms with Gasteiger partial charge in [0.05, 0.1) is 17.8 Å². The van der Waals surface area contributed by atoms with E-state index in [-0.39, 0.29) is 18.3 Å². The van der Waals surface area contributed by atoms with Crippen LogP contribution in [-0.4, -0.2) is 23.3 Å². The Morgan fingerprint density at radius 3 is 2.50 bits per heavy atom. The lowest BCUT2D eigenvalue weighted by Crippen LogP contribution is -2.41. The zero-order chi connectivity index (χ0) is 14.8. The predicted molar refractivity (Wildman–Crippen MR) is 78.3 cm³/mol. The molecule has 0 unspecified atom stereocenters. The second-order valence-corrected chi connectivity index (χ2v) is 5.92. The molecule has 0 spiro atoms. The fourth-order valence-corrected chi connectivity index (χ4v) is 1.93. The maximum Gasteiger partial charge on any atom is 0.487 e. The lowest BCUT2D eigenvalue weighted by molar-refractivity contribution is 0.00578. The number of pyridine rings is 1. The Morgan fingerprint density at radius 2 is 1.90 bits per heavy atom. The predicted octanol–water partition coefficient (Wildman–Crippen LogP) is 2.12. The van der Waals surface area contributed by atoms with E-state index in [2.05, 4.69) is 9.82 Å². The molecule has 0 aromatic carbocycles. The Hall–Kier alpha value is -1.21. The van der Waals surface area contributed by atoms with Crippen molar-refractivity contribution < 1.29 is 14.1 Å². The van der Waals surface area contributed by atoms with Crippen LogP contribution in [0.15, 0.2) is 24.4 Å². The first kappa shape index (κ1) is 15.2. The molecule has 2 heterocycles. The molecule has 0 atom stereocenters. The van der Waals surface area contributed by atoms with E-state index in [0.717, 1.165) is 11.1 Å². The molecule has 0 bridgehead atoms. The van der Waals surface area contributed by atoms with Gasteiger partial charge >= 0.3 is 7.12 Å². The molecule has 2 rings (SSSR count). The second kappa shape index (κ2) is 5.65. The van der Waals surface area contributed by atoms with Crippen LogP contribution >= 0.6 is 0 Å². The molecule has 1 fully saturated rings. The van der Waals surface area contributed by atoms with Crippen molar-refractivity contribution in [3.8, 4) is 0 Å². The van der Waals surface area contributed by atoms with E-state index in [1.54, 1.807) is 12.4 Å². The third kappa shape index (κ3) is 3.27. The van der Waals surface area contributed by atoms with Gasteiger partial charge in [-0.1, -0.05) is 12.1 Å². The normalized spacial score (nSPS) is 20.8. The molecule has 5 nitrogen and oxygen atoms in total. The van der Waals surface area contributed by atoms with Crippen LogP contribution in [0.4, 0.5) is 0 Å². The summed E-state index contributed by atoms with van der Waals surface area (Å²) in [6.07, 6.45) is 5.41. The van der Waals surface area contributed by atoms with E-state index in [9.17, 15) is 0 Å². The monoisotopic (exact) mass is 276 g/mol. The summed E-state index contributed by atoms with van der Waals surface area (Å²) in [6, 6.07) is 1.96. The van der Waals surface area contributed by atoms with Gasteiger partial charge in [0.1, 0.15) is 0 Å². The average molecular weight is 276 g/mol. The topological polar surface area (TPSA) is 66.6 Å². The van der Waals surface area contributed by atoms with Crippen LogP contribution in [0.5, 0.6) is 0 Å². The molecule has 1 aromatic heterocycles. The Kier molecular flexibility index (Phi) is 4.29. The van der Waals surface area contributed by atoms with Gasteiger partial charge in [0.15, 0.2) is 0 Å². The third-order valence-corrected chi connectivity index (χ3v) is 3.78. The molecule has 0 aliphatic carbocycles. The van der Waals surface area contributed by atoms with Gasteiger partial charge in [0.2, 0.25) is 0 Å². The summed E-state index contributed by atoms with van der Waals surface area (Å²) in [5, 5.41) is 0. The summed E-state index contributed by atoms with van der Waals surface area (Å²) in [4.78, 5) is 8.74. The summed E-state index contributed by atoms with van der Waals surface area (Å²) in [7, 11) is -0.352. The zero-order valence-corrected chi connectivity index (χ0v) is 12.4. The maximum atomic E-state index is 5.89. The van der Waals surface area contributed by atoms with Crippen molar-refractivity contribution in [2.45, 2.75) is 45.5 Å². The highest BCUT2D eigenvalue weighted by Crippen LogP contribution is 2.36. The van der Waals surface area contributed by atoms with Gasteiger partial charge in [0.25, 0.3) is 0 Å². The minimum Gasteiger partial charge on any atom is -0.400 e. The fourth-order valence-electron chi connectivity index (χ4n) is 1.93. The van der Waals surface area contributed by atoms with Crippen molar-refractivity contribution >= 4 is 13.2 Å². The van der Waals surface area contributed by atoms with Crippen LogP contribution in [0.3, 0.4) is 0 Å². The first-order valence-corrected chi connectivity index (χ1v) is 6.63. The fraction of sp³-hybridized carbons (Fsp3) is 0.500. The average Bonchev–Trinajstić information content (AvgIpc) is 2.56. The Morgan fingerprint density at radius 1 is 1.25 bits per heavy atom. The molecule has 1 aliphatic heterocycles. The molecule has 1 aliphatic rings. The smallest absolute Gasteiger partial charge is 0.400 e. The highest BCUT2D eigenvalue weighted by Gasteiger charge is 2.49. The molecule has 6 heteroatoms. The van der Waals surface area contributed by atoms with E-state index in [4.69, 9.17) is 15.2 Å². The third-order valence-electron chi connectivity index (χ3n) is 3.78. The molecule has 1 saturated heterocycles. The lowest BCUT2D eigenvalue weighted by atomic mass is 9.89. The summed E-state index contributed by atoms with van der Waals surface area (Å²) < 4.78 is 11.8. The van der Waals surface area contributed by atoms with Crippen LogP contribution in [0.1, 0.15) is 38.8 Å². The van der Waals surface area contributed by atoms with Crippen LogP contribution in [-0.2, 0) is 20.8 Å². The molecular formula is C14H21BN2O3. The molecular weight excluding hydrogens is 255 g/mol. The van der Waals surface area contributed by atoms with Gasteiger partial charge in [-0.3, -0.25) is 9.82 Å². The number of nitrogens with two attached hydrogens (primary N) is 1. The minimum atomic E-state index is -0.352. The summed E-state index contributed by atoms with van der Waals surface area (Å²) >= 11 is 0. The van der Waals surface area contributed by atoms with Crippen LogP contribution < -0.4 is 5.90 Å². The van der Waals surface area contributed by atoms with Crippen molar-refractivity contribution in [1.29, 1.82) is 0 Å². The summed E-state index contributed by atoms with van der Waals surface area (Å²) in [5.74, 6) is 6.95. The van der Waals surface area contributed by atoms with Gasteiger partial charge in [-0.05, 0) is 44.9 Å². The van der Waals surface area contributed by atoms with E-state index in [1.165, 1.54) is 0 Å². The first-order chi connectivity index (χ1) is 9.34.